The van der Waals surface area contributed by atoms with Gasteiger partial charge in [-0.2, -0.15) is 0 Å². The fraction of sp³-hybridized carbons (Fsp3) is 0.476. The Kier molecular flexibility index (Phi) is 9.60. The number of carbonyl (C=O) groups is 4. The summed E-state index contributed by atoms with van der Waals surface area (Å²) in [7, 11) is 2.59. The van der Waals surface area contributed by atoms with Crippen LogP contribution in [0.4, 0.5) is 9.59 Å². The molecule has 2 saturated carbocycles. The molecule has 0 unspecified atom stereocenters. The molecule has 5 N–H and O–H groups in total. The summed E-state index contributed by atoms with van der Waals surface area (Å²) in [4.78, 5) is 69.4. The summed E-state index contributed by atoms with van der Waals surface area (Å²) in [5, 5.41) is 11.1. The van der Waals surface area contributed by atoms with Gasteiger partial charge in [-0.3, -0.25) is 14.9 Å². The highest BCUT2D eigenvalue weighted by Crippen LogP contribution is 2.56. The van der Waals surface area contributed by atoms with Crippen LogP contribution in [0.5, 0.6) is 0 Å². The number of benzene rings is 2. The number of fused-ring (bicyclic) bond motifs is 3. The molecule has 4 aliphatic rings. The third-order valence-electron chi connectivity index (χ3n) is 12.0. The summed E-state index contributed by atoms with van der Waals surface area (Å²) in [5.41, 5.74) is 2.72. The van der Waals surface area contributed by atoms with Gasteiger partial charge in [-0.25, -0.2) is 19.6 Å². The van der Waals surface area contributed by atoms with Crippen LogP contribution >= 0.6 is 0 Å². The molecule has 2 aliphatic carbocycles. The first kappa shape index (κ1) is 37.3. The van der Waals surface area contributed by atoms with E-state index in [-0.39, 0.29) is 47.6 Å². The van der Waals surface area contributed by atoms with Gasteiger partial charge in [0.05, 0.1) is 56.0 Å². The number of rotatable bonds is 10. The quantitative estimate of drug-likeness (QED) is 0.137. The molecule has 14 heteroatoms. The van der Waals surface area contributed by atoms with Crippen LogP contribution in [0.15, 0.2) is 48.8 Å². The lowest BCUT2D eigenvalue weighted by atomic mass is 9.93. The van der Waals surface area contributed by atoms with Crippen LogP contribution in [-0.4, -0.2) is 86.6 Å². The van der Waals surface area contributed by atoms with Crippen LogP contribution in [0.25, 0.3) is 22.0 Å². The number of methoxy groups -OCH3 is 2. The number of hydrogen-bond donors (Lipinski definition) is 5. The fourth-order valence-electron chi connectivity index (χ4n) is 8.73. The molecule has 3 amide bonds. The molecule has 56 heavy (non-hydrogen) atoms. The zero-order valence-corrected chi connectivity index (χ0v) is 32.4. The Hall–Kier alpha value is -5.68. The van der Waals surface area contributed by atoms with Gasteiger partial charge in [0, 0.05) is 17.2 Å². The Morgan fingerprint density at radius 1 is 0.839 bits per heavy atom. The number of hydrogen-bond acceptors (Lipinski definition) is 9. The van der Waals surface area contributed by atoms with Crippen molar-refractivity contribution in [1.29, 1.82) is 0 Å². The molecule has 2 aliphatic heterocycles. The first-order chi connectivity index (χ1) is 26.9. The second-order valence-corrected chi connectivity index (χ2v) is 16.3. The molecule has 2 saturated heterocycles. The summed E-state index contributed by atoms with van der Waals surface area (Å²) >= 11 is 0. The first-order valence-electron chi connectivity index (χ1n) is 19.4. The minimum Gasteiger partial charge on any atom is -0.453 e. The van der Waals surface area contributed by atoms with Crippen molar-refractivity contribution < 1.29 is 28.7 Å². The Balaban J connectivity index is 0.925. The molecule has 0 bridgehead atoms. The van der Waals surface area contributed by atoms with Crippen LogP contribution < -0.4 is 16.0 Å². The molecule has 4 heterocycles. The van der Waals surface area contributed by atoms with Crippen molar-refractivity contribution in [3.63, 3.8) is 0 Å². The molecule has 4 fully saturated rings. The number of ether oxygens (including phenoxy) is 2. The topological polar surface area (TPSA) is 183 Å². The zero-order valence-electron chi connectivity index (χ0n) is 32.4. The molecular weight excluding hydrogens is 713 g/mol. The number of alkyl carbamates (subject to hydrolysis) is 2. The van der Waals surface area contributed by atoms with Crippen molar-refractivity contribution in [2.75, 3.05) is 14.2 Å². The van der Waals surface area contributed by atoms with Gasteiger partial charge in [-0.1, -0.05) is 51.8 Å². The van der Waals surface area contributed by atoms with E-state index in [0.29, 0.717) is 11.6 Å². The second-order valence-electron chi connectivity index (χ2n) is 16.3. The van der Waals surface area contributed by atoms with E-state index < -0.39 is 29.8 Å². The maximum absolute atomic E-state index is 13.8. The summed E-state index contributed by atoms with van der Waals surface area (Å²) in [6, 6.07) is 10.9. The van der Waals surface area contributed by atoms with E-state index >= 15 is 0 Å². The molecule has 2 aromatic heterocycles. The fourth-order valence-corrected chi connectivity index (χ4v) is 8.73. The lowest BCUT2D eigenvalue weighted by molar-refractivity contribution is -0.136. The lowest BCUT2D eigenvalue weighted by Gasteiger charge is -2.31. The van der Waals surface area contributed by atoms with E-state index in [2.05, 4.69) is 67.0 Å². The van der Waals surface area contributed by atoms with E-state index in [0.717, 1.165) is 64.9 Å². The van der Waals surface area contributed by atoms with Crippen molar-refractivity contribution in [2.45, 2.75) is 89.1 Å². The number of aromatic nitrogens is 4. The van der Waals surface area contributed by atoms with Crippen LogP contribution in [0, 0.1) is 35.5 Å². The molecule has 2 aromatic carbocycles. The minimum absolute atomic E-state index is 0.0118. The normalized spacial score (nSPS) is 25.5. The molecule has 8 rings (SSSR count). The van der Waals surface area contributed by atoms with Gasteiger partial charge in [0.25, 0.3) is 0 Å². The largest absolute Gasteiger partial charge is 0.453 e. The highest BCUT2D eigenvalue weighted by molar-refractivity contribution is 5.98. The predicted molar refractivity (Wildman–Crippen MR) is 207 cm³/mol. The number of ketones is 1. The molecule has 292 valence electrons. The zero-order chi connectivity index (χ0) is 39.5. The molecule has 8 atom stereocenters. The van der Waals surface area contributed by atoms with E-state index in [1.165, 1.54) is 14.2 Å². The average molecular weight is 761 g/mol. The van der Waals surface area contributed by atoms with Crippen molar-refractivity contribution in [3.8, 4) is 23.1 Å². The van der Waals surface area contributed by atoms with Crippen molar-refractivity contribution >= 4 is 34.6 Å². The van der Waals surface area contributed by atoms with Gasteiger partial charge < -0.3 is 35.0 Å². The SMILES string of the molecule is COC(=O)N[C@H](C(=O)N1[C@@H]2C[C@@H]2C[C@H]1c1ncc(-c2ccc3cc(C#Cc4cnc([C@@H]5C[C@@H]6C[C@@]6(C(=O)[C@@H](NC(=O)OC)C(C)C)N5)[nH]4)ccc3c2)[nH]1)C(C)C. The van der Waals surface area contributed by atoms with E-state index in [1.807, 2.05) is 50.9 Å². The van der Waals surface area contributed by atoms with E-state index in [4.69, 9.17) is 14.5 Å². The molecule has 14 nitrogen and oxygen atoms in total. The van der Waals surface area contributed by atoms with Crippen LogP contribution in [0.1, 0.15) is 88.4 Å². The number of carbonyl (C=O) groups excluding carboxylic acids is 4. The Bertz CT molecular complexity index is 2270. The standard InChI is InChI=1S/C42H48N8O6/c1-21(2)34(47-40(53)55-5)36(51)42-18-28(42)17-30(49-42)37-43-19-29(45-37)12-8-23-7-9-25-14-26(11-10-24(25)13-23)31-20-44-38(46-31)33-16-27-15-32(27)50(33)39(52)35(22(3)4)48-41(54)56-6/h7,9-11,13-14,19-22,27-28,30,32-35,49H,15-18H2,1-6H3,(H,43,45)(H,44,46)(H,47,53)(H,48,54)/t27-,28-,30+,32-,33+,34+,35+,42-/m1/s1. The van der Waals surface area contributed by atoms with E-state index in [1.54, 1.807) is 6.20 Å². The number of H-pyrrole nitrogens is 2. The van der Waals surface area contributed by atoms with Crippen molar-refractivity contribution in [2.24, 2.45) is 23.7 Å². The predicted octanol–water partition coefficient (Wildman–Crippen LogP) is 5.14. The first-order valence-corrected chi connectivity index (χ1v) is 19.4. The van der Waals surface area contributed by atoms with Gasteiger partial charge in [0.15, 0.2) is 5.78 Å². The molecular formula is C42H48N8O6. The Morgan fingerprint density at radius 2 is 1.54 bits per heavy atom. The summed E-state index contributed by atoms with van der Waals surface area (Å²) in [6.45, 7) is 7.66. The highest BCUT2D eigenvalue weighted by Gasteiger charge is 2.66. The highest BCUT2D eigenvalue weighted by atomic mass is 16.5. The number of nitrogens with zero attached hydrogens (tertiary/aromatic N) is 3. The van der Waals surface area contributed by atoms with Crippen molar-refractivity contribution in [3.05, 3.63) is 71.7 Å². The summed E-state index contributed by atoms with van der Waals surface area (Å²) in [5.74, 6) is 8.28. The number of imidazole rings is 2. The third-order valence-corrected chi connectivity index (χ3v) is 12.0. The van der Waals surface area contributed by atoms with Gasteiger partial charge in [0.2, 0.25) is 5.91 Å². The van der Waals surface area contributed by atoms with Crippen LogP contribution in [-0.2, 0) is 19.1 Å². The number of piperidine rings is 2. The number of Topliss-reactive ketones (excluding diaryl/α,β-unsaturated/α-hetero) is 1. The summed E-state index contributed by atoms with van der Waals surface area (Å²) in [6.07, 6.45) is 5.64. The lowest BCUT2D eigenvalue weighted by Crippen LogP contribution is -2.53. The monoisotopic (exact) mass is 760 g/mol. The van der Waals surface area contributed by atoms with Gasteiger partial charge >= 0.3 is 12.2 Å². The number of likely N-dealkylation sites (tertiary alicyclic amines) is 1. The van der Waals surface area contributed by atoms with Gasteiger partial charge in [-0.15, -0.1) is 0 Å². The molecule has 4 aromatic rings. The number of amides is 3. The maximum Gasteiger partial charge on any atom is 0.407 e. The van der Waals surface area contributed by atoms with Crippen molar-refractivity contribution in [1.82, 2.24) is 40.8 Å². The van der Waals surface area contributed by atoms with Gasteiger partial charge in [-0.05, 0) is 84.2 Å². The minimum atomic E-state index is -0.681. The number of nitrogens with one attached hydrogen (secondary N) is 5. The second kappa shape index (κ2) is 14.4. The number of aromatic amines is 2. The van der Waals surface area contributed by atoms with Gasteiger partial charge in [0.1, 0.15) is 23.4 Å². The maximum atomic E-state index is 13.8. The van der Waals surface area contributed by atoms with Crippen LogP contribution in [0.3, 0.4) is 0 Å². The average Bonchev–Trinajstić information content (AvgIpc) is 3.71. The summed E-state index contributed by atoms with van der Waals surface area (Å²) < 4.78 is 9.54. The smallest absolute Gasteiger partial charge is 0.407 e. The third kappa shape index (κ3) is 6.89. The van der Waals surface area contributed by atoms with E-state index in [9.17, 15) is 19.2 Å². The molecule has 0 radical (unpaired) electrons. The van der Waals surface area contributed by atoms with Crippen LogP contribution in [0.2, 0.25) is 0 Å². The Labute approximate surface area is 325 Å². The Morgan fingerprint density at radius 3 is 2.27 bits per heavy atom. The molecule has 0 spiro atoms.